The van der Waals surface area contributed by atoms with Crippen LogP contribution in [0.25, 0.3) is 0 Å². The summed E-state index contributed by atoms with van der Waals surface area (Å²) in [5, 5.41) is 3.22. The molecule has 0 unspecified atom stereocenters. The van der Waals surface area contributed by atoms with Gasteiger partial charge in [-0.3, -0.25) is 0 Å². The number of methoxy groups -OCH3 is 1. The SMILES string of the molecule is COCc1nc(NN)cc(Nc2cc(F)cc(Cl)c2)n1. The molecule has 1 aromatic heterocycles. The fraction of sp³-hybridized carbons (Fsp3) is 0.167. The van der Waals surface area contributed by atoms with E-state index in [1.165, 1.54) is 19.2 Å². The number of nitrogens with zero attached hydrogens (tertiary/aromatic N) is 2. The zero-order valence-corrected chi connectivity index (χ0v) is 11.4. The monoisotopic (exact) mass is 297 g/mol. The average Bonchev–Trinajstić information content (AvgIpc) is 2.37. The molecule has 6 nitrogen and oxygen atoms in total. The molecule has 0 aliphatic carbocycles. The molecule has 0 saturated heterocycles. The first-order valence-electron chi connectivity index (χ1n) is 5.67. The summed E-state index contributed by atoms with van der Waals surface area (Å²) in [4.78, 5) is 8.32. The molecule has 0 saturated carbocycles. The Morgan fingerprint density at radius 1 is 1.25 bits per heavy atom. The van der Waals surface area contributed by atoms with E-state index in [4.69, 9.17) is 22.2 Å². The number of benzene rings is 1. The summed E-state index contributed by atoms with van der Waals surface area (Å²) in [5.74, 6) is 6.19. The molecule has 2 rings (SSSR count). The Hall–Kier alpha value is -1.96. The largest absolute Gasteiger partial charge is 0.377 e. The Morgan fingerprint density at radius 3 is 2.65 bits per heavy atom. The highest BCUT2D eigenvalue weighted by molar-refractivity contribution is 6.30. The highest BCUT2D eigenvalue weighted by Crippen LogP contribution is 2.22. The van der Waals surface area contributed by atoms with Crippen LogP contribution in [0.4, 0.5) is 21.7 Å². The lowest BCUT2D eigenvalue weighted by atomic mass is 10.3. The van der Waals surface area contributed by atoms with Crippen LogP contribution in [0, 0.1) is 5.82 Å². The standard InChI is InChI=1S/C12H13ClFN5O/c1-20-6-12-17-10(5-11(18-12)19-15)16-9-3-7(13)2-8(14)4-9/h2-5H,6,15H2,1H3,(H2,16,17,18,19). The van der Waals surface area contributed by atoms with Crippen molar-refractivity contribution >= 4 is 28.9 Å². The Morgan fingerprint density at radius 2 is 2.00 bits per heavy atom. The molecule has 0 amide bonds. The number of hydrazine groups is 1. The predicted molar refractivity (Wildman–Crippen MR) is 75.2 cm³/mol. The molecule has 0 fully saturated rings. The summed E-state index contributed by atoms with van der Waals surface area (Å²) < 4.78 is 18.2. The Bertz CT molecular complexity index is 590. The minimum absolute atomic E-state index is 0.230. The fourth-order valence-corrected chi connectivity index (χ4v) is 1.82. The van der Waals surface area contributed by atoms with Crippen LogP contribution in [-0.2, 0) is 11.3 Å². The number of nitrogens with two attached hydrogens (primary N) is 1. The minimum atomic E-state index is -0.441. The number of rotatable bonds is 5. The Kier molecular flexibility index (Phi) is 4.67. The van der Waals surface area contributed by atoms with Gasteiger partial charge in [0.15, 0.2) is 5.82 Å². The number of nitrogen functional groups attached to an aromatic ring is 1. The molecule has 4 N–H and O–H groups in total. The second-order valence-corrected chi connectivity index (χ2v) is 4.35. The van der Waals surface area contributed by atoms with Crippen LogP contribution >= 0.6 is 11.6 Å². The van der Waals surface area contributed by atoms with Crippen molar-refractivity contribution in [3.63, 3.8) is 0 Å². The number of anilines is 3. The number of aromatic nitrogens is 2. The zero-order chi connectivity index (χ0) is 14.5. The molecule has 0 bridgehead atoms. The molecule has 2 aromatic rings. The number of nitrogens with one attached hydrogen (secondary N) is 2. The van der Waals surface area contributed by atoms with Crippen molar-refractivity contribution in [1.29, 1.82) is 0 Å². The maximum Gasteiger partial charge on any atom is 0.158 e. The molecule has 20 heavy (non-hydrogen) atoms. The molecule has 1 aromatic carbocycles. The summed E-state index contributed by atoms with van der Waals surface area (Å²) in [7, 11) is 1.53. The topological polar surface area (TPSA) is 85.1 Å². The van der Waals surface area contributed by atoms with Crippen molar-refractivity contribution in [3.05, 3.63) is 40.9 Å². The van der Waals surface area contributed by atoms with E-state index in [1.807, 2.05) is 0 Å². The maximum absolute atomic E-state index is 13.3. The lowest BCUT2D eigenvalue weighted by molar-refractivity contribution is 0.178. The van der Waals surface area contributed by atoms with Gasteiger partial charge in [0.05, 0.1) is 0 Å². The number of hydrogen-bond acceptors (Lipinski definition) is 6. The van der Waals surface area contributed by atoms with E-state index in [9.17, 15) is 4.39 Å². The van der Waals surface area contributed by atoms with E-state index in [-0.39, 0.29) is 11.6 Å². The lowest BCUT2D eigenvalue weighted by Crippen LogP contribution is -2.11. The van der Waals surface area contributed by atoms with E-state index >= 15 is 0 Å². The third-order valence-corrected chi connectivity index (χ3v) is 2.55. The van der Waals surface area contributed by atoms with Crippen molar-refractivity contribution in [1.82, 2.24) is 9.97 Å². The molecule has 0 spiro atoms. The molecule has 0 aliphatic rings. The summed E-state index contributed by atoms with van der Waals surface area (Å²) in [6.45, 7) is 0.230. The fourth-order valence-electron chi connectivity index (χ4n) is 1.60. The van der Waals surface area contributed by atoms with Gasteiger partial charge in [0.25, 0.3) is 0 Å². The third kappa shape index (κ3) is 3.77. The lowest BCUT2D eigenvalue weighted by Gasteiger charge is -2.10. The van der Waals surface area contributed by atoms with E-state index in [1.54, 1.807) is 12.1 Å². The molecule has 0 atom stereocenters. The van der Waals surface area contributed by atoms with Gasteiger partial charge in [0, 0.05) is 23.9 Å². The molecule has 0 aliphatic heterocycles. The van der Waals surface area contributed by atoms with Crippen LogP contribution in [0.15, 0.2) is 24.3 Å². The summed E-state index contributed by atoms with van der Waals surface area (Å²) in [6, 6.07) is 5.69. The minimum Gasteiger partial charge on any atom is -0.377 e. The van der Waals surface area contributed by atoms with Crippen LogP contribution in [0.5, 0.6) is 0 Å². The summed E-state index contributed by atoms with van der Waals surface area (Å²) >= 11 is 5.79. The maximum atomic E-state index is 13.3. The first-order valence-corrected chi connectivity index (χ1v) is 6.05. The number of hydrogen-bond donors (Lipinski definition) is 3. The van der Waals surface area contributed by atoms with Gasteiger partial charge in [-0.1, -0.05) is 11.6 Å². The first kappa shape index (κ1) is 14.4. The average molecular weight is 298 g/mol. The quantitative estimate of drug-likeness (QED) is 0.580. The molecule has 106 valence electrons. The zero-order valence-electron chi connectivity index (χ0n) is 10.7. The van der Waals surface area contributed by atoms with Crippen molar-refractivity contribution in [2.24, 2.45) is 5.84 Å². The highest BCUT2D eigenvalue weighted by Gasteiger charge is 2.06. The van der Waals surface area contributed by atoms with Gasteiger partial charge in [-0.15, -0.1) is 0 Å². The third-order valence-electron chi connectivity index (χ3n) is 2.33. The molecule has 0 radical (unpaired) electrons. The van der Waals surface area contributed by atoms with E-state index in [2.05, 4.69) is 20.7 Å². The van der Waals surface area contributed by atoms with Crippen LogP contribution < -0.4 is 16.6 Å². The van der Waals surface area contributed by atoms with Crippen LogP contribution in [0.2, 0.25) is 5.02 Å². The van der Waals surface area contributed by atoms with E-state index in [0.29, 0.717) is 23.1 Å². The van der Waals surface area contributed by atoms with Gasteiger partial charge < -0.3 is 15.5 Å². The van der Waals surface area contributed by atoms with Gasteiger partial charge in [-0.25, -0.2) is 20.2 Å². The number of halogens is 2. The van der Waals surface area contributed by atoms with Gasteiger partial charge in [-0.2, -0.15) is 0 Å². The highest BCUT2D eigenvalue weighted by atomic mass is 35.5. The van der Waals surface area contributed by atoms with Gasteiger partial charge in [0.1, 0.15) is 24.1 Å². The van der Waals surface area contributed by atoms with Crippen molar-refractivity contribution in [2.75, 3.05) is 17.9 Å². The van der Waals surface area contributed by atoms with Gasteiger partial charge in [-0.05, 0) is 18.2 Å². The molecule has 8 heteroatoms. The normalized spacial score (nSPS) is 10.4. The Labute approximate surface area is 120 Å². The van der Waals surface area contributed by atoms with Crippen molar-refractivity contribution < 1.29 is 9.13 Å². The number of ether oxygens (including phenoxy) is 1. The van der Waals surface area contributed by atoms with E-state index in [0.717, 1.165) is 0 Å². The summed E-state index contributed by atoms with van der Waals surface area (Å²) in [5.41, 5.74) is 2.90. The summed E-state index contributed by atoms with van der Waals surface area (Å²) in [6.07, 6.45) is 0. The second kappa shape index (κ2) is 6.47. The smallest absolute Gasteiger partial charge is 0.158 e. The first-order chi connectivity index (χ1) is 9.60. The van der Waals surface area contributed by atoms with Crippen LogP contribution in [0.3, 0.4) is 0 Å². The van der Waals surface area contributed by atoms with Crippen molar-refractivity contribution in [2.45, 2.75) is 6.61 Å². The Balaban J connectivity index is 2.29. The molecular weight excluding hydrogens is 285 g/mol. The molecule has 1 heterocycles. The predicted octanol–water partition coefficient (Wildman–Crippen LogP) is 2.44. The van der Waals surface area contributed by atoms with Gasteiger partial charge in [0.2, 0.25) is 0 Å². The van der Waals surface area contributed by atoms with E-state index < -0.39 is 5.82 Å². The van der Waals surface area contributed by atoms with Crippen molar-refractivity contribution in [3.8, 4) is 0 Å². The van der Waals surface area contributed by atoms with Crippen LogP contribution in [0.1, 0.15) is 5.82 Å². The second-order valence-electron chi connectivity index (χ2n) is 3.92. The van der Waals surface area contributed by atoms with Gasteiger partial charge >= 0.3 is 0 Å². The molecular formula is C12H13ClFN5O. The van der Waals surface area contributed by atoms with Crippen LogP contribution in [-0.4, -0.2) is 17.1 Å².